The summed E-state index contributed by atoms with van der Waals surface area (Å²) in [6.45, 7) is 0.164. The van der Waals surface area contributed by atoms with E-state index >= 15 is 0 Å². The maximum atomic E-state index is 9.04. The summed E-state index contributed by atoms with van der Waals surface area (Å²) in [6, 6.07) is 3.75. The minimum absolute atomic E-state index is 0.164. The number of aryl methyl sites for hydroxylation is 1. The van der Waals surface area contributed by atoms with E-state index < -0.39 is 0 Å². The number of pyridine rings is 1. The molecule has 0 unspecified atom stereocenters. The van der Waals surface area contributed by atoms with E-state index in [0.717, 1.165) is 27.5 Å². The van der Waals surface area contributed by atoms with Crippen molar-refractivity contribution in [3.8, 4) is 5.82 Å². The molecule has 0 saturated heterocycles. The molecule has 0 saturated carbocycles. The first kappa shape index (κ1) is 14.0. The van der Waals surface area contributed by atoms with Crippen LogP contribution in [0.3, 0.4) is 0 Å². The van der Waals surface area contributed by atoms with E-state index in [0.29, 0.717) is 12.2 Å². The number of nitrogens with two attached hydrogens (primary N) is 1. The molecule has 0 spiro atoms. The fourth-order valence-electron chi connectivity index (χ4n) is 2.32. The van der Waals surface area contributed by atoms with Crippen molar-refractivity contribution in [2.75, 3.05) is 12.3 Å². The Morgan fingerprint density at radius 3 is 2.95 bits per heavy atom. The van der Waals surface area contributed by atoms with Crippen LogP contribution < -0.4 is 5.73 Å². The van der Waals surface area contributed by atoms with Gasteiger partial charge in [-0.1, -0.05) is 0 Å². The van der Waals surface area contributed by atoms with Crippen LogP contribution in [0.15, 0.2) is 35.3 Å². The highest BCUT2D eigenvalue weighted by Crippen LogP contribution is 2.26. The summed E-state index contributed by atoms with van der Waals surface area (Å²) in [5, 5.41) is 10.1. The van der Waals surface area contributed by atoms with Gasteiger partial charge in [0.2, 0.25) is 5.95 Å². The van der Waals surface area contributed by atoms with Gasteiger partial charge in [-0.3, -0.25) is 0 Å². The Balaban J connectivity index is 2.19. The molecule has 3 N–H and O–H groups in total. The van der Waals surface area contributed by atoms with Crippen molar-refractivity contribution in [3.05, 3.63) is 40.9 Å². The molecule has 0 fully saturated rings. The smallest absolute Gasteiger partial charge is 0.221 e. The van der Waals surface area contributed by atoms with Crippen LogP contribution in [0.25, 0.3) is 16.7 Å². The van der Waals surface area contributed by atoms with Crippen LogP contribution >= 0.6 is 15.9 Å². The summed E-state index contributed by atoms with van der Waals surface area (Å²) in [4.78, 5) is 12.5. The molecule has 7 heteroatoms. The Hall–Kier alpha value is -1.99. The minimum Gasteiger partial charge on any atom is -0.396 e. The van der Waals surface area contributed by atoms with E-state index in [1.54, 1.807) is 12.3 Å². The van der Waals surface area contributed by atoms with Crippen LogP contribution in [0.2, 0.25) is 0 Å². The molecule has 6 nitrogen and oxygen atoms in total. The number of hydrogen-bond donors (Lipinski definition) is 2. The Labute approximate surface area is 129 Å². The Morgan fingerprint density at radius 1 is 1.33 bits per heavy atom. The minimum atomic E-state index is 0.164. The molecule has 3 aromatic heterocycles. The van der Waals surface area contributed by atoms with E-state index in [2.05, 4.69) is 30.9 Å². The lowest BCUT2D eigenvalue weighted by Crippen LogP contribution is -2.01. The largest absolute Gasteiger partial charge is 0.396 e. The van der Waals surface area contributed by atoms with Gasteiger partial charge < -0.3 is 15.4 Å². The highest BCUT2D eigenvalue weighted by atomic mass is 79.9. The van der Waals surface area contributed by atoms with E-state index in [1.165, 1.54) is 0 Å². The summed E-state index contributed by atoms with van der Waals surface area (Å²) < 4.78 is 2.72. The third-order valence-corrected chi connectivity index (χ3v) is 3.68. The molecular weight excluding hydrogens is 334 g/mol. The molecule has 108 valence electrons. The number of nitrogen functional groups attached to an aromatic ring is 1. The zero-order chi connectivity index (χ0) is 14.8. The number of halogens is 1. The summed E-state index contributed by atoms with van der Waals surface area (Å²) in [7, 11) is 0. The second-order valence-corrected chi connectivity index (χ2v) is 5.46. The summed E-state index contributed by atoms with van der Waals surface area (Å²) >= 11 is 3.39. The summed E-state index contributed by atoms with van der Waals surface area (Å²) in [5.41, 5.74) is 7.78. The maximum Gasteiger partial charge on any atom is 0.221 e. The molecule has 3 heterocycles. The van der Waals surface area contributed by atoms with Gasteiger partial charge in [-0.05, 0) is 46.5 Å². The average Bonchev–Trinajstić information content (AvgIpc) is 2.83. The lowest BCUT2D eigenvalue weighted by molar-refractivity contribution is 0.289. The molecule has 0 bridgehead atoms. The molecule has 3 aromatic rings. The van der Waals surface area contributed by atoms with Gasteiger partial charge in [0, 0.05) is 30.6 Å². The zero-order valence-corrected chi connectivity index (χ0v) is 12.8. The van der Waals surface area contributed by atoms with Gasteiger partial charge in [0.05, 0.1) is 5.52 Å². The summed E-state index contributed by atoms with van der Waals surface area (Å²) in [5.74, 6) is 0.945. The van der Waals surface area contributed by atoms with Gasteiger partial charge in [0.1, 0.15) is 10.4 Å². The second-order valence-electron chi connectivity index (χ2n) is 4.65. The van der Waals surface area contributed by atoms with E-state index in [1.807, 2.05) is 23.0 Å². The molecule has 0 aliphatic heterocycles. The van der Waals surface area contributed by atoms with Gasteiger partial charge in [0.25, 0.3) is 0 Å². The van der Waals surface area contributed by atoms with Crippen LogP contribution in [0.4, 0.5) is 5.95 Å². The second kappa shape index (κ2) is 5.79. The van der Waals surface area contributed by atoms with Gasteiger partial charge in [-0.15, -0.1) is 0 Å². The van der Waals surface area contributed by atoms with Crippen molar-refractivity contribution < 1.29 is 5.11 Å². The lowest BCUT2D eigenvalue weighted by atomic mass is 10.1. The first-order chi connectivity index (χ1) is 10.2. The standard InChI is InChI=1S/C14H14BrN5O/c15-12-6-11-10(7-18-12)9(2-1-5-21)8-20(11)13-3-4-17-14(16)19-13/h3-4,6-8,21H,1-2,5H2,(H2,16,17,19). The van der Waals surface area contributed by atoms with Crippen LogP contribution in [-0.4, -0.2) is 31.2 Å². The van der Waals surface area contributed by atoms with Crippen LogP contribution in [0.5, 0.6) is 0 Å². The first-order valence-corrected chi connectivity index (χ1v) is 7.33. The van der Waals surface area contributed by atoms with E-state index in [9.17, 15) is 0 Å². The third kappa shape index (κ3) is 2.74. The zero-order valence-electron chi connectivity index (χ0n) is 11.2. The van der Waals surface area contributed by atoms with Crippen molar-refractivity contribution in [1.29, 1.82) is 0 Å². The summed E-state index contributed by atoms with van der Waals surface area (Å²) in [6.07, 6.45) is 6.96. The van der Waals surface area contributed by atoms with Crippen LogP contribution in [0.1, 0.15) is 12.0 Å². The number of rotatable bonds is 4. The number of fused-ring (bicyclic) bond motifs is 1. The molecule has 0 aliphatic rings. The van der Waals surface area contributed by atoms with Crippen molar-refractivity contribution in [1.82, 2.24) is 19.5 Å². The number of aliphatic hydroxyl groups is 1. The molecule has 3 rings (SSSR count). The average molecular weight is 348 g/mol. The molecule has 0 amide bonds. The van der Waals surface area contributed by atoms with Crippen LogP contribution in [0, 0.1) is 0 Å². The number of aliphatic hydroxyl groups excluding tert-OH is 1. The van der Waals surface area contributed by atoms with E-state index in [4.69, 9.17) is 10.8 Å². The normalized spacial score (nSPS) is 11.1. The monoisotopic (exact) mass is 347 g/mol. The van der Waals surface area contributed by atoms with Crippen molar-refractivity contribution >= 4 is 32.8 Å². The predicted molar refractivity (Wildman–Crippen MR) is 84.2 cm³/mol. The number of nitrogens with zero attached hydrogens (tertiary/aromatic N) is 4. The molecule has 0 aromatic carbocycles. The van der Waals surface area contributed by atoms with Gasteiger partial charge >= 0.3 is 0 Å². The molecule has 0 aliphatic carbocycles. The van der Waals surface area contributed by atoms with Crippen molar-refractivity contribution in [2.45, 2.75) is 12.8 Å². The third-order valence-electron chi connectivity index (χ3n) is 3.25. The number of anilines is 1. The lowest BCUT2D eigenvalue weighted by Gasteiger charge is -2.04. The Kier molecular flexibility index (Phi) is 3.85. The Bertz CT molecular complexity index is 786. The Morgan fingerprint density at radius 2 is 2.19 bits per heavy atom. The first-order valence-electron chi connectivity index (χ1n) is 6.54. The topological polar surface area (TPSA) is 89.8 Å². The van der Waals surface area contributed by atoms with Crippen LogP contribution in [-0.2, 0) is 6.42 Å². The quantitative estimate of drug-likeness (QED) is 0.705. The molecular formula is C14H14BrN5O. The fourth-order valence-corrected chi connectivity index (χ4v) is 2.64. The maximum absolute atomic E-state index is 9.04. The number of aromatic nitrogens is 4. The number of hydrogen-bond acceptors (Lipinski definition) is 5. The highest BCUT2D eigenvalue weighted by Gasteiger charge is 2.12. The van der Waals surface area contributed by atoms with Gasteiger partial charge in [-0.2, -0.15) is 4.98 Å². The molecule has 21 heavy (non-hydrogen) atoms. The van der Waals surface area contributed by atoms with Gasteiger partial charge in [-0.25, -0.2) is 9.97 Å². The van der Waals surface area contributed by atoms with Crippen molar-refractivity contribution in [3.63, 3.8) is 0 Å². The van der Waals surface area contributed by atoms with Gasteiger partial charge in [0.15, 0.2) is 0 Å². The van der Waals surface area contributed by atoms with Crippen molar-refractivity contribution in [2.24, 2.45) is 0 Å². The fraction of sp³-hybridized carbons (Fsp3) is 0.214. The predicted octanol–water partition coefficient (Wildman–Crippen LogP) is 2.09. The SMILES string of the molecule is Nc1nccc(-n2cc(CCCO)c3cnc(Br)cc32)n1. The van der Waals surface area contributed by atoms with E-state index in [-0.39, 0.29) is 12.6 Å². The molecule has 0 radical (unpaired) electrons. The highest BCUT2D eigenvalue weighted by molar-refractivity contribution is 9.10. The molecule has 0 atom stereocenters.